The predicted octanol–water partition coefficient (Wildman–Crippen LogP) is 3.46. The molecule has 22 heavy (non-hydrogen) atoms. The van der Waals surface area contributed by atoms with Crippen molar-refractivity contribution < 1.29 is 9.21 Å². The third-order valence-electron chi connectivity index (χ3n) is 4.20. The standard InChI is InChI=1S/C17H20N2O2.ClH/c1-11(20)19-16-6-2-5-15-14(16)8-7-12(17(15)18)10-13-4-3-9-21-13;/h2-6,9,12,17H,7-8,10,18H2,1H3,(H,19,20);1H. The highest BCUT2D eigenvalue weighted by molar-refractivity contribution is 5.89. The van der Waals surface area contributed by atoms with Gasteiger partial charge in [-0.25, -0.2) is 0 Å². The van der Waals surface area contributed by atoms with Crippen molar-refractivity contribution in [2.75, 3.05) is 5.32 Å². The molecule has 1 aliphatic carbocycles. The number of furan rings is 1. The van der Waals surface area contributed by atoms with Gasteiger partial charge in [0.1, 0.15) is 5.76 Å². The number of carbonyl (C=O) groups excluding carboxylic acids is 1. The van der Waals surface area contributed by atoms with Gasteiger partial charge in [0.15, 0.2) is 0 Å². The minimum atomic E-state index is -0.0466. The number of amides is 1. The van der Waals surface area contributed by atoms with Gasteiger partial charge in [-0.05, 0) is 48.1 Å². The molecule has 1 aromatic carbocycles. The van der Waals surface area contributed by atoms with Crippen LogP contribution in [0, 0.1) is 5.92 Å². The Balaban J connectivity index is 0.00000176. The van der Waals surface area contributed by atoms with Crippen LogP contribution in [0.5, 0.6) is 0 Å². The lowest BCUT2D eigenvalue weighted by Gasteiger charge is -2.32. The number of rotatable bonds is 3. The zero-order valence-corrected chi connectivity index (χ0v) is 13.4. The van der Waals surface area contributed by atoms with E-state index in [9.17, 15) is 4.79 Å². The number of hydrogen-bond donors (Lipinski definition) is 2. The quantitative estimate of drug-likeness (QED) is 0.910. The molecular weight excluding hydrogens is 300 g/mol. The second-order valence-electron chi connectivity index (χ2n) is 5.66. The number of hydrogen-bond acceptors (Lipinski definition) is 3. The number of anilines is 1. The molecule has 0 aliphatic heterocycles. The van der Waals surface area contributed by atoms with E-state index < -0.39 is 0 Å². The summed E-state index contributed by atoms with van der Waals surface area (Å²) in [6.45, 7) is 1.53. The van der Waals surface area contributed by atoms with Gasteiger partial charge in [0.25, 0.3) is 0 Å². The maximum atomic E-state index is 11.3. The van der Waals surface area contributed by atoms with E-state index in [0.717, 1.165) is 36.3 Å². The summed E-state index contributed by atoms with van der Waals surface area (Å²) in [5, 5.41) is 2.90. The molecule has 1 aliphatic rings. The Labute approximate surface area is 136 Å². The van der Waals surface area contributed by atoms with E-state index in [1.165, 1.54) is 12.5 Å². The van der Waals surface area contributed by atoms with E-state index in [0.29, 0.717) is 5.92 Å². The van der Waals surface area contributed by atoms with E-state index in [2.05, 4.69) is 11.4 Å². The maximum Gasteiger partial charge on any atom is 0.221 e. The first kappa shape index (κ1) is 16.6. The van der Waals surface area contributed by atoms with Crippen molar-refractivity contribution in [2.45, 2.75) is 32.2 Å². The first-order valence-corrected chi connectivity index (χ1v) is 7.32. The molecular formula is C17H21ClN2O2. The molecule has 2 aromatic rings. The number of benzene rings is 1. The molecule has 0 saturated heterocycles. The van der Waals surface area contributed by atoms with Crippen LogP contribution in [0.1, 0.15) is 36.3 Å². The van der Waals surface area contributed by atoms with E-state index >= 15 is 0 Å². The average Bonchev–Trinajstić information content (AvgIpc) is 2.95. The van der Waals surface area contributed by atoms with Crippen LogP contribution in [-0.2, 0) is 17.6 Å². The molecule has 4 nitrogen and oxygen atoms in total. The van der Waals surface area contributed by atoms with Gasteiger partial charge >= 0.3 is 0 Å². The fraction of sp³-hybridized carbons (Fsp3) is 0.353. The summed E-state index contributed by atoms with van der Waals surface area (Å²) in [7, 11) is 0. The fourth-order valence-electron chi connectivity index (χ4n) is 3.18. The van der Waals surface area contributed by atoms with Gasteiger partial charge in [-0.3, -0.25) is 4.79 Å². The smallest absolute Gasteiger partial charge is 0.221 e. The van der Waals surface area contributed by atoms with Crippen LogP contribution in [0.25, 0.3) is 0 Å². The average molecular weight is 321 g/mol. The molecule has 2 atom stereocenters. The molecule has 1 aromatic heterocycles. The SMILES string of the molecule is CC(=O)Nc1cccc2c1CCC(Cc1ccco1)C2N.Cl. The topological polar surface area (TPSA) is 68.3 Å². The van der Waals surface area contributed by atoms with Crippen molar-refractivity contribution in [1.82, 2.24) is 0 Å². The summed E-state index contributed by atoms with van der Waals surface area (Å²) in [5.41, 5.74) is 9.67. The van der Waals surface area contributed by atoms with E-state index in [4.69, 9.17) is 10.2 Å². The molecule has 0 fully saturated rings. The van der Waals surface area contributed by atoms with Crippen LogP contribution in [0.15, 0.2) is 41.0 Å². The number of carbonyl (C=O) groups is 1. The van der Waals surface area contributed by atoms with Crippen LogP contribution in [0.3, 0.4) is 0 Å². The third kappa shape index (κ3) is 3.34. The van der Waals surface area contributed by atoms with E-state index in [1.54, 1.807) is 6.26 Å². The van der Waals surface area contributed by atoms with Crippen molar-refractivity contribution in [3.63, 3.8) is 0 Å². The highest BCUT2D eigenvalue weighted by atomic mass is 35.5. The molecule has 0 spiro atoms. The Morgan fingerprint density at radius 3 is 2.86 bits per heavy atom. The number of halogens is 1. The van der Waals surface area contributed by atoms with Gasteiger partial charge in [-0.15, -0.1) is 12.4 Å². The molecule has 0 radical (unpaired) electrons. The summed E-state index contributed by atoms with van der Waals surface area (Å²) < 4.78 is 5.44. The van der Waals surface area contributed by atoms with E-state index in [1.807, 2.05) is 24.3 Å². The minimum Gasteiger partial charge on any atom is -0.469 e. The highest BCUT2D eigenvalue weighted by Crippen LogP contribution is 2.38. The highest BCUT2D eigenvalue weighted by Gasteiger charge is 2.28. The van der Waals surface area contributed by atoms with Crippen molar-refractivity contribution in [3.8, 4) is 0 Å². The van der Waals surface area contributed by atoms with Crippen molar-refractivity contribution in [2.24, 2.45) is 11.7 Å². The van der Waals surface area contributed by atoms with Crippen LogP contribution < -0.4 is 11.1 Å². The molecule has 3 N–H and O–H groups in total. The predicted molar refractivity (Wildman–Crippen MR) is 89.1 cm³/mol. The molecule has 3 rings (SSSR count). The first-order valence-electron chi connectivity index (χ1n) is 7.32. The molecule has 0 bridgehead atoms. The normalized spacial score (nSPS) is 19.9. The van der Waals surface area contributed by atoms with Gasteiger partial charge < -0.3 is 15.5 Å². The molecule has 118 valence electrons. The molecule has 1 heterocycles. The molecule has 0 saturated carbocycles. The zero-order valence-electron chi connectivity index (χ0n) is 12.5. The zero-order chi connectivity index (χ0) is 14.8. The van der Waals surface area contributed by atoms with Crippen LogP contribution in [-0.4, -0.2) is 5.91 Å². The first-order chi connectivity index (χ1) is 10.1. The Morgan fingerprint density at radius 2 is 2.18 bits per heavy atom. The van der Waals surface area contributed by atoms with Gasteiger partial charge in [0, 0.05) is 25.1 Å². The molecule has 1 amide bonds. The fourth-order valence-corrected chi connectivity index (χ4v) is 3.18. The lowest BCUT2D eigenvalue weighted by molar-refractivity contribution is -0.114. The van der Waals surface area contributed by atoms with Gasteiger partial charge in [-0.2, -0.15) is 0 Å². The van der Waals surface area contributed by atoms with Crippen LogP contribution in [0.4, 0.5) is 5.69 Å². The van der Waals surface area contributed by atoms with Crippen molar-refractivity contribution in [3.05, 3.63) is 53.5 Å². The summed E-state index contributed by atoms with van der Waals surface area (Å²) in [6.07, 6.45) is 4.50. The third-order valence-corrected chi connectivity index (χ3v) is 4.20. The second-order valence-corrected chi connectivity index (χ2v) is 5.66. The largest absolute Gasteiger partial charge is 0.469 e. The Morgan fingerprint density at radius 1 is 1.36 bits per heavy atom. The summed E-state index contributed by atoms with van der Waals surface area (Å²) in [6, 6.07) is 9.86. The van der Waals surface area contributed by atoms with Gasteiger partial charge in [-0.1, -0.05) is 12.1 Å². The van der Waals surface area contributed by atoms with E-state index in [-0.39, 0.29) is 24.4 Å². The van der Waals surface area contributed by atoms with Crippen molar-refractivity contribution >= 4 is 24.0 Å². The second kappa shape index (κ2) is 6.99. The lowest BCUT2D eigenvalue weighted by Crippen LogP contribution is -2.29. The maximum absolute atomic E-state index is 11.3. The van der Waals surface area contributed by atoms with Gasteiger partial charge in [0.2, 0.25) is 5.91 Å². The van der Waals surface area contributed by atoms with Crippen LogP contribution >= 0.6 is 12.4 Å². The van der Waals surface area contributed by atoms with Crippen molar-refractivity contribution in [1.29, 1.82) is 0 Å². The lowest BCUT2D eigenvalue weighted by atomic mass is 9.77. The van der Waals surface area contributed by atoms with Gasteiger partial charge in [0.05, 0.1) is 6.26 Å². The Bertz CT molecular complexity index is 640. The Kier molecular flexibility index (Phi) is 5.27. The number of nitrogens with two attached hydrogens (primary N) is 1. The minimum absolute atomic E-state index is 0. The summed E-state index contributed by atoms with van der Waals surface area (Å²) >= 11 is 0. The van der Waals surface area contributed by atoms with Crippen LogP contribution in [0.2, 0.25) is 0 Å². The molecule has 5 heteroatoms. The number of fused-ring (bicyclic) bond motifs is 1. The Hall–Kier alpha value is -1.78. The molecule has 2 unspecified atom stereocenters. The summed E-state index contributed by atoms with van der Waals surface area (Å²) in [4.78, 5) is 11.3. The summed E-state index contributed by atoms with van der Waals surface area (Å²) in [5.74, 6) is 1.31. The monoisotopic (exact) mass is 320 g/mol. The number of nitrogens with one attached hydrogen (secondary N) is 1.